The van der Waals surface area contributed by atoms with E-state index in [4.69, 9.17) is 14.2 Å². The number of aromatic nitrogens is 3. The number of carbonyl (C=O) groups excluding carboxylic acids is 2. The molecule has 0 unspecified atom stereocenters. The average Bonchev–Trinajstić information content (AvgIpc) is 3.45. The number of thiazole rings is 1. The van der Waals surface area contributed by atoms with Crippen molar-refractivity contribution in [2.24, 2.45) is 0 Å². The number of amides is 1. The van der Waals surface area contributed by atoms with E-state index in [2.05, 4.69) is 30.1 Å². The zero-order valence-electron chi connectivity index (χ0n) is 20.5. The molecule has 11 nitrogen and oxygen atoms in total. The lowest BCUT2D eigenvalue weighted by Crippen LogP contribution is -2.38. The van der Waals surface area contributed by atoms with Gasteiger partial charge in [0.2, 0.25) is 0 Å². The second-order valence-electron chi connectivity index (χ2n) is 8.63. The molecule has 1 N–H and O–H groups in total. The number of esters is 1. The van der Waals surface area contributed by atoms with Crippen LogP contribution in [0, 0.1) is 0 Å². The molecule has 0 radical (unpaired) electrons. The first kappa shape index (κ1) is 24.9. The molecule has 0 bridgehead atoms. The van der Waals surface area contributed by atoms with Gasteiger partial charge in [0.25, 0.3) is 5.91 Å². The largest absolute Gasteiger partial charge is 0.465 e. The Bertz CT molecular complexity index is 1230. The summed E-state index contributed by atoms with van der Waals surface area (Å²) >= 11 is 1.41. The smallest absolute Gasteiger partial charge is 0.340 e. The number of hydrogen-bond donors (Lipinski definition) is 1. The van der Waals surface area contributed by atoms with Gasteiger partial charge in [-0.1, -0.05) is 0 Å². The fourth-order valence-corrected chi connectivity index (χ4v) is 5.16. The van der Waals surface area contributed by atoms with Crippen molar-refractivity contribution >= 4 is 39.7 Å². The Hall–Kier alpha value is -3.77. The van der Waals surface area contributed by atoms with Crippen molar-refractivity contribution in [1.82, 2.24) is 15.0 Å². The van der Waals surface area contributed by atoms with Crippen molar-refractivity contribution in [1.29, 1.82) is 0 Å². The monoisotopic (exact) mass is 524 g/mol. The highest BCUT2D eigenvalue weighted by molar-refractivity contribution is 7.14. The fraction of sp³-hybridized carbons (Fsp3) is 0.400. The second-order valence-corrected chi connectivity index (χ2v) is 9.46. The number of rotatable bonds is 7. The molecule has 1 aromatic carbocycles. The maximum atomic E-state index is 13.0. The molecule has 4 heterocycles. The van der Waals surface area contributed by atoms with Crippen LogP contribution in [-0.2, 0) is 9.47 Å². The highest BCUT2D eigenvalue weighted by Crippen LogP contribution is 2.28. The molecule has 37 heavy (non-hydrogen) atoms. The van der Waals surface area contributed by atoms with Gasteiger partial charge in [-0.3, -0.25) is 4.79 Å². The summed E-state index contributed by atoms with van der Waals surface area (Å²) in [6.07, 6.45) is 4.96. The van der Waals surface area contributed by atoms with Crippen LogP contribution in [0.5, 0.6) is 6.01 Å². The van der Waals surface area contributed by atoms with Crippen molar-refractivity contribution in [2.75, 3.05) is 61.6 Å². The quantitative estimate of drug-likeness (QED) is 0.462. The standard InChI is InChI=1S/C25H28N6O5S/c1-34-23(33)19-15-17(30-11-13-35-14-12-30)3-4-20(19)28-22(32)21-16-37-25(29-21)31-9-5-18(6-10-31)36-24-26-7-2-8-27-24/h2-4,7-8,15-16,18H,5-6,9-14H2,1H3,(H,28,32). The maximum Gasteiger partial charge on any atom is 0.340 e. The molecule has 0 aliphatic carbocycles. The zero-order chi connectivity index (χ0) is 25.6. The van der Waals surface area contributed by atoms with E-state index in [-0.39, 0.29) is 12.0 Å². The summed E-state index contributed by atoms with van der Waals surface area (Å²) in [6, 6.07) is 7.49. The molecule has 2 aliphatic rings. The van der Waals surface area contributed by atoms with Crippen LogP contribution in [0.25, 0.3) is 0 Å². The normalized spacial score (nSPS) is 16.4. The predicted octanol–water partition coefficient (Wildman–Crippen LogP) is 2.86. The summed E-state index contributed by atoms with van der Waals surface area (Å²) in [5, 5.41) is 5.33. The van der Waals surface area contributed by atoms with Crippen LogP contribution < -0.4 is 19.9 Å². The van der Waals surface area contributed by atoms with E-state index in [0.717, 1.165) is 49.8 Å². The third kappa shape index (κ3) is 5.97. The molecule has 2 saturated heterocycles. The van der Waals surface area contributed by atoms with Crippen LogP contribution in [0.15, 0.2) is 42.0 Å². The number of benzene rings is 1. The number of piperidine rings is 1. The molecule has 0 atom stereocenters. The molecule has 0 saturated carbocycles. The number of carbonyl (C=O) groups is 2. The summed E-state index contributed by atoms with van der Waals surface area (Å²) in [7, 11) is 1.32. The van der Waals surface area contributed by atoms with Gasteiger partial charge < -0.3 is 29.3 Å². The Labute approximate surface area is 218 Å². The molecule has 5 rings (SSSR count). The van der Waals surface area contributed by atoms with Crippen LogP contribution in [0.3, 0.4) is 0 Å². The number of nitrogens with zero attached hydrogens (tertiary/aromatic N) is 5. The molecule has 0 spiro atoms. The van der Waals surface area contributed by atoms with Crippen LogP contribution in [0.1, 0.15) is 33.7 Å². The van der Waals surface area contributed by atoms with Gasteiger partial charge in [-0.05, 0) is 24.3 Å². The number of methoxy groups -OCH3 is 1. The molecule has 1 amide bonds. The molecule has 194 valence electrons. The molecule has 2 aliphatic heterocycles. The van der Waals surface area contributed by atoms with E-state index in [1.165, 1.54) is 18.4 Å². The summed E-state index contributed by atoms with van der Waals surface area (Å²) in [5.41, 5.74) is 1.84. The Morgan fingerprint density at radius 3 is 2.57 bits per heavy atom. The number of hydrogen-bond acceptors (Lipinski definition) is 11. The highest BCUT2D eigenvalue weighted by atomic mass is 32.1. The van der Waals surface area contributed by atoms with E-state index in [0.29, 0.717) is 36.2 Å². The van der Waals surface area contributed by atoms with E-state index >= 15 is 0 Å². The van der Waals surface area contributed by atoms with Crippen molar-refractivity contribution in [2.45, 2.75) is 18.9 Å². The number of morpholine rings is 1. The van der Waals surface area contributed by atoms with Crippen molar-refractivity contribution < 1.29 is 23.8 Å². The van der Waals surface area contributed by atoms with E-state index in [1.807, 2.05) is 6.07 Å². The average molecular weight is 525 g/mol. The first-order valence-corrected chi connectivity index (χ1v) is 13.0. The number of ether oxygens (including phenoxy) is 3. The molecular weight excluding hydrogens is 496 g/mol. The van der Waals surface area contributed by atoms with Gasteiger partial charge in [-0.15, -0.1) is 11.3 Å². The van der Waals surface area contributed by atoms with Gasteiger partial charge in [0.15, 0.2) is 5.13 Å². The lowest BCUT2D eigenvalue weighted by Gasteiger charge is -2.31. The molecular formula is C25H28N6O5S. The summed E-state index contributed by atoms with van der Waals surface area (Å²) in [5.74, 6) is -0.901. The van der Waals surface area contributed by atoms with Gasteiger partial charge in [-0.2, -0.15) is 0 Å². The molecule has 2 fully saturated rings. The second kappa shape index (κ2) is 11.5. The zero-order valence-corrected chi connectivity index (χ0v) is 21.3. The first-order chi connectivity index (χ1) is 18.1. The Morgan fingerprint density at radius 1 is 1.08 bits per heavy atom. The molecule has 3 aromatic rings. The Kier molecular flexibility index (Phi) is 7.76. The van der Waals surface area contributed by atoms with E-state index in [1.54, 1.807) is 36.0 Å². The highest BCUT2D eigenvalue weighted by Gasteiger charge is 2.25. The number of anilines is 3. The van der Waals surface area contributed by atoms with E-state index < -0.39 is 5.97 Å². The maximum absolute atomic E-state index is 13.0. The lowest BCUT2D eigenvalue weighted by atomic mass is 10.1. The van der Waals surface area contributed by atoms with Crippen LogP contribution in [-0.4, -0.2) is 79.4 Å². The summed E-state index contributed by atoms with van der Waals surface area (Å²) in [6.45, 7) is 4.23. The topological polar surface area (TPSA) is 119 Å². The Morgan fingerprint density at radius 2 is 1.84 bits per heavy atom. The molecule has 12 heteroatoms. The van der Waals surface area contributed by atoms with Gasteiger partial charge in [0, 0.05) is 62.5 Å². The van der Waals surface area contributed by atoms with Gasteiger partial charge in [-0.25, -0.2) is 19.7 Å². The summed E-state index contributed by atoms with van der Waals surface area (Å²) < 4.78 is 16.2. The lowest BCUT2D eigenvalue weighted by molar-refractivity contribution is 0.0602. The SMILES string of the molecule is COC(=O)c1cc(N2CCOCC2)ccc1NC(=O)c1csc(N2CCC(Oc3ncccn3)CC2)n1. The predicted molar refractivity (Wildman–Crippen MR) is 139 cm³/mol. The minimum Gasteiger partial charge on any atom is -0.465 e. The van der Waals surface area contributed by atoms with Gasteiger partial charge in [0.1, 0.15) is 11.8 Å². The minimum atomic E-state index is -0.518. The minimum absolute atomic E-state index is 0.0403. The third-order valence-corrected chi connectivity index (χ3v) is 7.19. The Balaban J connectivity index is 1.22. The van der Waals surface area contributed by atoms with Gasteiger partial charge >= 0.3 is 12.0 Å². The van der Waals surface area contributed by atoms with Crippen molar-refractivity contribution in [3.8, 4) is 6.01 Å². The van der Waals surface area contributed by atoms with Crippen LogP contribution in [0.4, 0.5) is 16.5 Å². The summed E-state index contributed by atoms with van der Waals surface area (Å²) in [4.78, 5) is 42.6. The molecule has 2 aromatic heterocycles. The van der Waals surface area contributed by atoms with E-state index in [9.17, 15) is 9.59 Å². The van der Waals surface area contributed by atoms with Gasteiger partial charge in [0.05, 0.1) is 31.6 Å². The van der Waals surface area contributed by atoms with Crippen LogP contribution >= 0.6 is 11.3 Å². The van der Waals surface area contributed by atoms with Crippen molar-refractivity contribution in [3.05, 3.63) is 53.3 Å². The first-order valence-electron chi connectivity index (χ1n) is 12.1. The van der Waals surface area contributed by atoms with Crippen molar-refractivity contribution in [3.63, 3.8) is 0 Å². The fourth-order valence-electron chi connectivity index (χ4n) is 4.30. The number of nitrogens with one attached hydrogen (secondary N) is 1. The third-order valence-electron chi connectivity index (χ3n) is 6.28. The van der Waals surface area contributed by atoms with Crippen LogP contribution in [0.2, 0.25) is 0 Å².